The van der Waals surface area contributed by atoms with Crippen LogP contribution in [0.15, 0.2) is 0 Å². The molecule has 0 spiro atoms. The van der Waals surface area contributed by atoms with Crippen LogP contribution in [0, 0.1) is 17.3 Å². The van der Waals surface area contributed by atoms with Gasteiger partial charge in [0.25, 0.3) is 0 Å². The molecule has 13 heavy (non-hydrogen) atoms. The molecule has 2 bridgehead atoms. The molecule has 0 aliphatic heterocycles. The van der Waals surface area contributed by atoms with Gasteiger partial charge in [-0.15, -0.1) is 0 Å². The predicted molar refractivity (Wildman–Crippen MR) is 42.9 cm³/mol. The van der Waals surface area contributed by atoms with Gasteiger partial charge in [-0.2, -0.15) is 0 Å². The number of fused-ring (bicyclic) bond motifs is 1. The zero-order valence-corrected chi connectivity index (χ0v) is 7.45. The standard InChI is InChI=1S/C9H12O4/c1-13-8(12)9-3-5(4-9)2-6(9)7(10)11/h5-6H,2-4H2,1H3,(H,10,11). The fraction of sp³-hybridized carbons (Fsp3) is 0.778. The van der Waals surface area contributed by atoms with Gasteiger partial charge in [-0.25, -0.2) is 0 Å². The van der Waals surface area contributed by atoms with Crippen LogP contribution in [0.2, 0.25) is 0 Å². The number of hydrogen-bond acceptors (Lipinski definition) is 3. The van der Waals surface area contributed by atoms with Crippen molar-refractivity contribution in [3.8, 4) is 0 Å². The summed E-state index contributed by atoms with van der Waals surface area (Å²) in [6.45, 7) is 0. The van der Waals surface area contributed by atoms with E-state index in [-0.39, 0.29) is 5.97 Å². The van der Waals surface area contributed by atoms with Gasteiger partial charge in [0.1, 0.15) is 0 Å². The summed E-state index contributed by atoms with van der Waals surface area (Å²) in [5, 5.41) is 8.91. The molecule has 0 radical (unpaired) electrons. The summed E-state index contributed by atoms with van der Waals surface area (Å²) in [4.78, 5) is 22.3. The van der Waals surface area contributed by atoms with E-state index in [1.165, 1.54) is 7.11 Å². The maximum atomic E-state index is 11.4. The lowest BCUT2D eigenvalue weighted by Crippen LogP contribution is -2.43. The van der Waals surface area contributed by atoms with Crippen LogP contribution in [-0.2, 0) is 14.3 Å². The van der Waals surface area contributed by atoms with Crippen molar-refractivity contribution in [3.05, 3.63) is 0 Å². The largest absolute Gasteiger partial charge is 0.481 e. The maximum Gasteiger partial charge on any atom is 0.312 e. The molecule has 0 aromatic carbocycles. The first kappa shape index (κ1) is 8.53. The van der Waals surface area contributed by atoms with Crippen LogP contribution in [0.4, 0.5) is 0 Å². The Morgan fingerprint density at radius 2 is 2.08 bits per heavy atom. The van der Waals surface area contributed by atoms with E-state index in [1.54, 1.807) is 0 Å². The zero-order valence-electron chi connectivity index (χ0n) is 7.45. The minimum atomic E-state index is -0.856. The van der Waals surface area contributed by atoms with Crippen LogP contribution in [0.1, 0.15) is 19.3 Å². The molecule has 3 saturated carbocycles. The Hall–Kier alpha value is -1.06. The Kier molecular flexibility index (Phi) is 1.62. The Morgan fingerprint density at radius 1 is 1.46 bits per heavy atom. The first-order chi connectivity index (χ1) is 6.10. The van der Waals surface area contributed by atoms with Crippen molar-refractivity contribution in [1.82, 2.24) is 0 Å². The summed E-state index contributed by atoms with van der Waals surface area (Å²) in [7, 11) is 1.32. The maximum absolute atomic E-state index is 11.4. The second kappa shape index (κ2) is 2.47. The molecule has 3 aliphatic carbocycles. The first-order valence-corrected chi connectivity index (χ1v) is 4.41. The third-order valence-corrected chi connectivity index (χ3v) is 3.43. The lowest BCUT2D eigenvalue weighted by Gasteiger charge is -2.36. The smallest absolute Gasteiger partial charge is 0.312 e. The average Bonchev–Trinajstić information content (AvgIpc) is 2.55. The quantitative estimate of drug-likeness (QED) is 0.640. The van der Waals surface area contributed by atoms with Crippen molar-refractivity contribution < 1.29 is 19.4 Å². The number of esters is 1. The summed E-state index contributed by atoms with van der Waals surface area (Å²) in [6.07, 6.45) is 2.05. The van der Waals surface area contributed by atoms with Gasteiger partial charge >= 0.3 is 11.9 Å². The molecule has 4 heteroatoms. The van der Waals surface area contributed by atoms with E-state index in [0.717, 1.165) is 0 Å². The van der Waals surface area contributed by atoms with Crippen molar-refractivity contribution in [3.63, 3.8) is 0 Å². The van der Waals surface area contributed by atoms with Crippen LogP contribution in [0.25, 0.3) is 0 Å². The van der Waals surface area contributed by atoms with Gasteiger partial charge in [-0.1, -0.05) is 0 Å². The summed E-state index contributed by atoms with van der Waals surface area (Å²) in [6, 6.07) is 0. The van der Waals surface area contributed by atoms with E-state index >= 15 is 0 Å². The first-order valence-electron chi connectivity index (χ1n) is 4.41. The number of hydrogen-bond donors (Lipinski definition) is 1. The zero-order chi connectivity index (χ0) is 9.64. The molecule has 1 atom stereocenters. The van der Waals surface area contributed by atoms with Crippen molar-refractivity contribution in [2.24, 2.45) is 17.3 Å². The summed E-state index contributed by atoms with van der Waals surface area (Å²) < 4.78 is 4.65. The Labute approximate surface area is 75.9 Å². The van der Waals surface area contributed by atoms with Crippen molar-refractivity contribution in [1.29, 1.82) is 0 Å². The molecule has 0 aromatic rings. The van der Waals surface area contributed by atoms with Crippen molar-refractivity contribution in [2.45, 2.75) is 19.3 Å². The lowest BCUT2D eigenvalue weighted by atomic mass is 9.66. The van der Waals surface area contributed by atoms with E-state index in [1.807, 2.05) is 0 Å². The highest BCUT2D eigenvalue weighted by Gasteiger charge is 2.65. The summed E-state index contributed by atoms with van der Waals surface area (Å²) in [5.41, 5.74) is -0.675. The molecule has 3 fully saturated rings. The molecule has 72 valence electrons. The molecule has 0 heterocycles. The monoisotopic (exact) mass is 184 g/mol. The van der Waals surface area contributed by atoms with E-state index < -0.39 is 17.3 Å². The second-order valence-electron chi connectivity index (χ2n) is 4.05. The van der Waals surface area contributed by atoms with Crippen LogP contribution in [-0.4, -0.2) is 24.2 Å². The van der Waals surface area contributed by atoms with E-state index in [9.17, 15) is 9.59 Å². The third kappa shape index (κ3) is 0.913. The average molecular weight is 184 g/mol. The van der Waals surface area contributed by atoms with Gasteiger partial charge in [0.2, 0.25) is 0 Å². The highest BCUT2D eigenvalue weighted by molar-refractivity contribution is 5.87. The lowest BCUT2D eigenvalue weighted by molar-refractivity contribution is -0.166. The Morgan fingerprint density at radius 3 is 2.54 bits per heavy atom. The Balaban J connectivity index is 2.23. The summed E-state index contributed by atoms with van der Waals surface area (Å²) >= 11 is 0. The predicted octanol–water partition coefficient (Wildman–Crippen LogP) is 0.660. The van der Waals surface area contributed by atoms with Crippen LogP contribution < -0.4 is 0 Å². The Bertz CT molecular complexity index is 265. The highest BCUT2D eigenvalue weighted by atomic mass is 16.5. The molecular formula is C9H12O4. The minimum absolute atomic E-state index is 0.339. The SMILES string of the molecule is COC(=O)C12CC(CC1C(=O)O)C2. The van der Waals surface area contributed by atoms with Crippen LogP contribution in [0.3, 0.4) is 0 Å². The molecule has 1 N–H and O–H groups in total. The number of methoxy groups -OCH3 is 1. The fourth-order valence-corrected chi connectivity index (χ4v) is 2.83. The number of carbonyl (C=O) groups is 2. The van der Waals surface area contributed by atoms with Gasteiger partial charge in [0.15, 0.2) is 0 Å². The van der Waals surface area contributed by atoms with Gasteiger partial charge in [-0.3, -0.25) is 9.59 Å². The highest BCUT2D eigenvalue weighted by Crippen LogP contribution is 2.62. The third-order valence-electron chi connectivity index (χ3n) is 3.43. The van der Waals surface area contributed by atoms with E-state index in [0.29, 0.717) is 25.2 Å². The number of rotatable bonds is 2. The minimum Gasteiger partial charge on any atom is -0.481 e. The fourth-order valence-electron chi connectivity index (χ4n) is 2.83. The van der Waals surface area contributed by atoms with Gasteiger partial charge < -0.3 is 9.84 Å². The molecule has 4 nitrogen and oxygen atoms in total. The van der Waals surface area contributed by atoms with Gasteiger partial charge in [0.05, 0.1) is 18.4 Å². The van der Waals surface area contributed by atoms with E-state index in [4.69, 9.17) is 5.11 Å². The molecule has 3 aliphatic rings. The number of aliphatic carboxylic acids is 1. The topological polar surface area (TPSA) is 63.6 Å². The molecule has 0 saturated heterocycles. The van der Waals surface area contributed by atoms with E-state index in [2.05, 4.69) is 4.74 Å². The van der Waals surface area contributed by atoms with Gasteiger partial charge in [0, 0.05) is 0 Å². The molecular weight excluding hydrogens is 172 g/mol. The number of carboxylic acids is 1. The second-order valence-corrected chi connectivity index (χ2v) is 4.05. The number of ether oxygens (including phenoxy) is 1. The molecule has 0 aromatic heterocycles. The van der Waals surface area contributed by atoms with Crippen molar-refractivity contribution in [2.75, 3.05) is 7.11 Å². The van der Waals surface area contributed by atoms with Gasteiger partial charge in [-0.05, 0) is 25.2 Å². The normalized spacial score (nSPS) is 41.0. The molecule has 3 rings (SSSR count). The number of carboxylic acid groups (broad SMARTS) is 1. The number of carbonyl (C=O) groups excluding carboxylic acids is 1. The molecule has 0 amide bonds. The van der Waals surface area contributed by atoms with Crippen LogP contribution in [0.5, 0.6) is 0 Å². The van der Waals surface area contributed by atoms with Crippen LogP contribution >= 0.6 is 0 Å². The van der Waals surface area contributed by atoms with Crippen molar-refractivity contribution >= 4 is 11.9 Å². The molecule has 1 unspecified atom stereocenters. The summed E-state index contributed by atoms with van der Waals surface area (Å²) in [5.74, 6) is -1.27.